The Morgan fingerprint density at radius 1 is 1.42 bits per heavy atom. The Balaban J connectivity index is 2.20. The number of alkyl halides is 1. The minimum absolute atomic E-state index is 0.213. The molecule has 0 radical (unpaired) electrons. The molecule has 1 aromatic rings. The average molecular weight is 280 g/mol. The number of benzene rings is 1. The van der Waals surface area contributed by atoms with Crippen molar-refractivity contribution in [1.29, 1.82) is 0 Å². The summed E-state index contributed by atoms with van der Waals surface area (Å²) in [6.45, 7) is 4.39. The molecule has 0 unspecified atom stereocenters. The molecule has 0 N–H and O–H groups in total. The molecule has 0 saturated carbocycles. The van der Waals surface area contributed by atoms with Crippen molar-refractivity contribution in [3.05, 3.63) is 29.3 Å². The second-order valence-corrected chi connectivity index (χ2v) is 5.53. The number of carbonyl (C=O) groups excluding carboxylic acids is 1. The van der Waals surface area contributed by atoms with Crippen LogP contribution in [0, 0.1) is 0 Å². The monoisotopic (exact) mass is 279 g/mol. The second kappa shape index (κ2) is 6.95. The van der Waals surface area contributed by atoms with Crippen LogP contribution >= 0.6 is 11.6 Å². The van der Waals surface area contributed by atoms with E-state index >= 15 is 0 Å². The molecule has 0 saturated heterocycles. The van der Waals surface area contributed by atoms with E-state index in [1.807, 2.05) is 6.07 Å². The highest BCUT2D eigenvalue weighted by atomic mass is 35.5. The maximum absolute atomic E-state index is 12.1. The van der Waals surface area contributed by atoms with E-state index in [0.717, 1.165) is 37.9 Å². The molecule has 104 valence electrons. The van der Waals surface area contributed by atoms with E-state index in [0.29, 0.717) is 12.3 Å². The van der Waals surface area contributed by atoms with Gasteiger partial charge in [0.1, 0.15) is 0 Å². The molecule has 1 aromatic carbocycles. The van der Waals surface area contributed by atoms with Crippen molar-refractivity contribution in [3.8, 4) is 0 Å². The fraction of sp³-hybridized carbons (Fsp3) is 0.562. The second-order valence-electron chi connectivity index (χ2n) is 5.15. The van der Waals surface area contributed by atoms with Crippen LogP contribution in [0.2, 0.25) is 0 Å². The van der Waals surface area contributed by atoms with Crippen molar-refractivity contribution in [1.82, 2.24) is 0 Å². The van der Waals surface area contributed by atoms with Crippen LogP contribution in [-0.2, 0) is 6.42 Å². The first-order valence-corrected chi connectivity index (χ1v) is 7.76. The molecule has 2 rings (SSSR count). The molecule has 1 heterocycles. The molecule has 19 heavy (non-hydrogen) atoms. The minimum Gasteiger partial charge on any atom is -0.371 e. The smallest absolute Gasteiger partial charge is 0.162 e. The zero-order chi connectivity index (χ0) is 13.7. The van der Waals surface area contributed by atoms with Crippen LogP contribution in [0.15, 0.2) is 18.2 Å². The number of nitrogens with zero attached hydrogens (tertiary/aromatic N) is 1. The Bertz CT molecular complexity index is 444. The number of ketones is 1. The van der Waals surface area contributed by atoms with Crippen molar-refractivity contribution in [3.63, 3.8) is 0 Å². The van der Waals surface area contributed by atoms with Gasteiger partial charge in [0, 0.05) is 36.6 Å². The van der Waals surface area contributed by atoms with Crippen molar-refractivity contribution in [2.75, 3.05) is 23.9 Å². The van der Waals surface area contributed by atoms with Crippen LogP contribution in [0.5, 0.6) is 0 Å². The van der Waals surface area contributed by atoms with Crippen LogP contribution in [-0.4, -0.2) is 24.8 Å². The van der Waals surface area contributed by atoms with Gasteiger partial charge in [-0.15, -0.1) is 11.6 Å². The van der Waals surface area contributed by atoms with Gasteiger partial charge in [0.15, 0.2) is 5.78 Å². The van der Waals surface area contributed by atoms with Crippen LogP contribution in [0.3, 0.4) is 0 Å². The molecule has 0 bridgehead atoms. The van der Waals surface area contributed by atoms with E-state index in [1.165, 1.54) is 17.7 Å². The third-order valence-electron chi connectivity index (χ3n) is 3.65. The molecule has 3 heteroatoms. The summed E-state index contributed by atoms with van der Waals surface area (Å²) in [6.07, 6.45) is 4.80. The summed E-state index contributed by atoms with van der Waals surface area (Å²) in [7, 11) is 0. The molecule has 1 aliphatic rings. The number of anilines is 1. The van der Waals surface area contributed by atoms with Gasteiger partial charge in [-0.2, -0.15) is 0 Å². The topological polar surface area (TPSA) is 20.3 Å². The Kier molecular flexibility index (Phi) is 5.26. The molecule has 0 aromatic heterocycles. The Morgan fingerprint density at radius 2 is 2.26 bits per heavy atom. The molecule has 2 nitrogen and oxygen atoms in total. The predicted octanol–water partition coefficient (Wildman–Crippen LogP) is 4.05. The maximum Gasteiger partial charge on any atom is 0.162 e. The summed E-state index contributed by atoms with van der Waals surface area (Å²) in [5.41, 5.74) is 3.49. The average Bonchev–Trinajstić information content (AvgIpc) is 2.45. The van der Waals surface area contributed by atoms with Crippen molar-refractivity contribution >= 4 is 23.1 Å². The third-order valence-corrected chi connectivity index (χ3v) is 3.92. The quantitative estimate of drug-likeness (QED) is 0.578. The number of hydrogen-bond acceptors (Lipinski definition) is 2. The number of fused-ring (bicyclic) bond motifs is 1. The highest BCUT2D eigenvalue weighted by Crippen LogP contribution is 2.28. The number of carbonyl (C=O) groups is 1. The Morgan fingerprint density at radius 3 is 3.00 bits per heavy atom. The van der Waals surface area contributed by atoms with Crippen molar-refractivity contribution in [2.45, 2.75) is 39.0 Å². The van der Waals surface area contributed by atoms with Crippen molar-refractivity contribution in [2.24, 2.45) is 0 Å². The summed E-state index contributed by atoms with van der Waals surface area (Å²) in [4.78, 5) is 14.5. The molecular weight excluding hydrogens is 258 g/mol. The summed E-state index contributed by atoms with van der Waals surface area (Å²) in [5, 5.41) is 0. The first-order valence-electron chi connectivity index (χ1n) is 7.23. The SMILES string of the molecule is CCCN1CCCc2ccc(C(=O)CCCCl)cc21. The van der Waals surface area contributed by atoms with Crippen LogP contribution in [0.4, 0.5) is 5.69 Å². The number of rotatable bonds is 6. The molecule has 1 aliphatic heterocycles. The Labute approximate surface area is 120 Å². The normalized spacial score (nSPS) is 14.3. The lowest BCUT2D eigenvalue weighted by Gasteiger charge is -2.31. The zero-order valence-electron chi connectivity index (χ0n) is 11.6. The van der Waals surface area contributed by atoms with E-state index in [4.69, 9.17) is 11.6 Å². The largest absolute Gasteiger partial charge is 0.371 e. The molecule has 0 atom stereocenters. The first-order chi connectivity index (χ1) is 9.26. The van der Waals surface area contributed by atoms with E-state index in [2.05, 4.69) is 24.0 Å². The van der Waals surface area contributed by atoms with E-state index in [9.17, 15) is 4.79 Å². The van der Waals surface area contributed by atoms with Gasteiger partial charge < -0.3 is 4.90 Å². The minimum atomic E-state index is 0.213. The standard InChI is InChI=1S/C16H22ClNO/c1-2-10-18-11-4-5-13-7-8-14(12-15(13)18)16(19)6-3-9-17/h7-8,12H,2-6,9-11H2,1H3. The van der Waals surface area contributed by atoms with Gasteiger partial charge in [-0.05, 0) is 37.3 Å². The van der Waals surface area contributed by atoms with Gasteiger partial charge in [-0.3, -0.25) is 4.79 Å². The van der Waals surface area contributed by atoms with Crippen LogP contribution in [0.25, 0.3) is 0 Å². The van der Waals surface area contributed by atoms with Gasteiger partial charge in [0.25, 0.3) is 0 Å². The number of Topliss-reactive ketones (excluding diaryl/α,β-unsaturated/α-hetero) is 1. The summed E-state index contributed by atoms with van der Waals surface area (Å²) in [6, 6.07) is 6.19. The highest BCUT2D eigenvalue weighted by molar-refractivity contribution is 6.18. The number of halogens is 1. The summed E-state index contributed by atoms with van der Waals surface area (Å²) in [5.74, 6) is 0.768. The van der Waals surface area contributed by atoms with Gasteiger partial charge in [0.05, 0.1) is 0 Å². The molecule has 0 fully saturated rings. The van der Waals surface area contributed by atoms with Gasteiger partial charge in [-0.1, -0.05) is 19.1 Å². The summed E-state index contributed by atoms with van der Waals surface area (Å²) < 4.78 is 0. The first kappa shape index (κ1) is 14.4. The van der Waals surface area contributed by atoms with E-state index < -0.39 is 0 Å². The maximum atomic E-state index is 12.1. The van der Waals surface area contributed by atoms with Gasteiger partial charge >= 0.3 is 0 Å². The molecular formula is C16H22ClNO. The van der Waals surface area contributed by atoms with E-state index in [1.54, 1.807) is 0 Å². The van der Waals surface area contributed by atoms with Crippen LogP contribution in [0.1, 0.15) is 48.5 Å². The van der Waals surface area contributed by atoms with Crippen molar-refractivity contribution < 1.29 is 4.79 Å². The fourth-order valence-corrected chi connectivity index (χ4v) is 2.83. The molecule has 0 aliphatic carbocycles. The highest BCUT2D eigenvalue weighted by Gasteiger charge is 2.17. The van der Waals surface area contributed by atoms with Crippen LogP contribution < -0.4 is 4.90 Å². The molecule has 0 spiro atoms. The number of hydrogen-bond donors (Lipinski definition) is 0. The summed E-state index contributed by atoms with van der Waals surface area (Å²) >= 11 is 5.65. The Hall–Kier alpha value is -1.02. The number of aryl methyl sites for hydroxylation is 1. The predicted molar refractivity (Wildman–Crippen MR) is 81.6 cm³/mol. The lowest BCUT2D eigenvalue weighted by Crippen LogP contribution is -2.30. The molecule has 0 amide bonds. The van der Waals surface area contributed by atoms with E-state index in [-0.39, 0.29) is 5.78 Å². The lowest BCUT2D eigenvalue weighted by molar-refractivity contribution is 0.0982. The third kappa shape index (κ3) is 3.50. The lowest BCUT2D eigenvalue weighted by atomic mass is 9.97. The van der Waals surface area contributed by atoms with Gasteiger partial charge in [-0.25, -0.2) is 0 Å². The fourth-order valence-electron chi connectivity index (χ4n) is 2.70. The van der Waals surface area contributed by atoms with Gasteiger partial charge in [0.2, 0.25) is 0 Å². The zero-order valence-corrected chi connectivity index (χ0v) is 12.4.